The fourth-order valence-corrected chi connectivity index (χ4v) is 1.31. The van der Waals surface area contributed by atoms with E-state index >= 15 is 0 Å². The highest BCUT2D eigenvalue weighted by Crippen LogP contribution is 2.20. The highest BCUT2D eigenvalue weighted by Gasteiger charge is 2.43. The number of ether oxygens (including phenoxy) is 2. The minimum absolute atomic E-state index is 0.0603. The summed E-state index contributed by atoms with van der Waals surface area (Å²) in [4.78, 5) is 0. The molecule has 0 aromatic rings. The van der Waals surface area contributed by atoms with Crippen LogP contribution in [0.15, 0.2) is 0 Å². The van der Waals surface area contributed by atoms with Crippen molar-refractivity contribution in [1.29, 1.82) is 0 Å². The van der Waals surface area contributed by atoms with Crippen LogP contribution in [0.5, 0.6) is 0 Å². The number of hydrogen-bond acceptors (Lipinski definition) is 6. The van der Waals surface area contributed by atoms with E-state index in [1.807, 2.05) is 0 Å². The summed E-state index contributed by atoms with van der Waals surface area (Å²) in [6, 6.07) is 0. The normalized spacial score (nSPS) is 46.4. The molecule has 1 fully saturated rings. The molecular formula is C7H15NO5. The lowest BCUT2D eigenvalue weighted by molar-refractivity contribution is -0.287. The first-order valence-electron chi connectivity index (χ1n) is 4.04. The molecule has 5 N–H and O–H groups in total. The number of hydrogen-bond donors (Lipinski definition) is 4. The second-order valence-corrected chi connectivity index (χ2v) is 2.99. The smallest absolute Gasteiger partial charge is 0.186 e. The van der Waals surface area contributed by atoms with Gasteiger partial charge in [-0.1, -0.05) is 0 Å². The summed E-state index contributed by atoms with van der Waals surface area (Å²) in [5.41, 5.74) is 5.28. The molecule has 0 aromatic carbocycles. The number of aliphatic hydroxyl groups is 3. The van der Waals surface area contributed by atoms with Crippen molar-refractivity contribution in [3.63, 3.8) is 0 Å². The lowest BCUT2D eigenvalue weighted by Crippen LogP contribution is -2.59. The molecule has 1 rings (SSSR count). The van der Waals surface area contributed by atoms with Crippen LogP contribution >= 0.6 is 0 Å². The molecule has 1 aliphatic rings. The van der Waals surface area contributed by atoms with Crippen LogP contribution in [-0.2, 0) is 9.47 Å². The highest BCUT2D eigenvalue weighted by molar-refractivity contribution is 4.89. The third-order valence-corrected chi connectivity index (χ3v) is 2.13. The predicted molar refractivity (Wildman–Crippen MR) is 42.7 cm³/mol. The van der Waals surface area contributed by atoms with Gasteiger partial charge in [-0.3, -0.25) is 0 Å². The molecule has 1 heterocycles. The van der Waals surface area contributed by atoms with E-state index in [1.165, 1.54) is 7.11 Å². The van der Waals surface area contributed by atoms with Gasteiger partial charge >= 0.3 is 0 Å². The summed E-state index contributed by atoms with van der Waals surface area (Å²) in [6.45, 7) is 0.0603. The lowest BCUT2D eigenvalue weighted by atomic mass is 9.99. The zero-order valence-corrected chi connectivity index (χ0v) is 7.33. The average molecular weight is 193 g/mol. The van der Waals surface area contributed by atoms with Crippen molar-refractivity contribution in [3.8, 4) is 0 Å². The van der Waals surface area contributed by atoms with Gasteiger partial charge in [-0.05, 0) is 0 Å². The number of nitrogens with two attached hydrogens (primary N) is 1. The van der Waals surface area contributed by atoms with Crippen LogP contribution in [0.4, 0.5) is 0 Å². The standard InChI is InChI=1S/C7H15NO5/c1-12-7-6(11)5(10)4(9)3(2-8)13-7/h3-7,9-11H,2,8H2,1H3/t3?,4-,5?,6?,7+/m1/s1. The fourth-order valence-electron chi connectivity index (χ4n) is 1.31. The van der Waals surface area contributed by atoms with E-state index in [4.69, 9.17) is 15.2 Å². The van der Waals surface area contributed by atoms with Gasteiger partial charge in [0, 0.05) is 13.7 Å². The Hall–Kier alpha value is -0.240. The van der Waals surface area contributed by atoms with Crippen LogP contribution in [-0.4, -0.2) is 59.7 Å². The van der Waals surface area contributed by atoms with Gasteiger partial charge in [0.05, 0.1) is 0 Å². The van der Waals surface area contributed by atoms with Crippen molar-refractivity contribution < 1.29 is 24.8 Å². The van der Waals surface area contributed by atoms with Crippen LogP contribution in [0.2, 0.25) is 0 Å². The maximum Gasteiger partial charge on any atom is 0.186 e. The molecule has 78 valence electrons. The topological polar surface area (TPSA) is 105 Å². The van der Waals surface area contributed by atoms with E-state index < -0.39 is 30.7 Å². The molecule has 0 bridgehead atoms. The molecule has 6 nitrogen and oxygen atoms in total. The van der Waals surface area contributed by atoms with Gasteiger partial charge in [-0.2, -0.15) is 0 Å². The van der Waals surface area contributed by atoms with Crippen molar-refractivity contribution in [3.05, 3.63) is 0 Å². The van der Waals surface area contributed by atoms with E-state index in [0.717, 1.165) is 0 Å². The van der Waals surface area contributed by atoms with E-state index in [-0.39, 0.29) is 6.54 Å². The molecule has 1 aliphatic heterocycles. The fraction of sp³-hybridized carbons (Fsp3) is 1.00. The summed E-state index contributed by atoms with van der Waals surface area (Å²) in [7, 11) is 1.34. The maximum atomic E-state index is 9.35. The van der Waals surface area contributed by atoms with E-state index in [2.05, 4.69) is 0 Å². The summed E-state index contributed by atoms with van der Waals surface area (Å²) < 4.78 is 9.83. The van der Waals surface area contributed by atoms with E-state index in [0.29, 0.717) is 0 Å². The van der Waals surface area contributed by atoms with Crippen LogP contribution in [0.3, 0.4) is 0 Å². The van der Waals surface area contributed by atoms with Crippen molar-refractivity contribution in [2.24, 2.45) is 5.73 Å². The first-order chi connectivity index (χ1) is 6.11. The molecule has 1 saturated heterocycles. The summed E-state index contributed by atoms with van der Waals surface area (Å²) >= 11 is 0. The average Bonchev–Trinajstić information content (AvgIpc) is 2.15. The van der Waals surface area contributed by atoms with E-state index in [9.17, 15) is 15.3 Å². The van der Waals surface area contributed by atoms with Crippen LogP contribution in [0.1, 0.15) is 0 Å². The van der Waals surface area contributed by atoms with Gasteiger partial charge in [-0.15, -0.1) is 0 Å². The Bertz CT molecular complexity index is 147. The van der Waals surface area contributed by atoms with Gasteiger partial charge in [-0.25, -0.2) is 0 Å². The number of rotatable bonds is 2. The van der Waals surface area contributed by atoms with Crippen LogP contribution in [0.25, 0.3) is 0 Å². The monoisotopic (exact) mass is 193 g/mol. The molecule has 0 amide bonds. The highest BCUT2D eigenvalue weighted by atomic mass is 16.7. The Morgan fingerprint density at radius 3 is 2.31 bits per heavy atom. The van der Waals surface area contributed by atoms with Crippen molar-refractivity contribution >= 4 is 0 Å². The Balaban J connectivity index is 2.66. The van der Waals surface area contributed by atoms with Crippen molar-refractivity contribution in [2.75, 3.05) is 13.7 Å². The molecule has 0 aromatic heterocycles. The Labute approximate surface area is 75.9 Å². The molecule has 6 heteroatoms. The largest absolute Gasteiger partial charge is 0.388 e. The minimum Gasteiger partial charge on any atom is -0.388 e. The minimum atomic E-state index is -1.28. The maximum absolute atomic E-state index is 9.35. The zero-order chi connectivity index (χ0) is 10.0. The Morgan fingerprint density at radius 2 is 1.85 bits per heavy atom. The molecule has 0 aliphatic carbocycles. The zero-order valence-electron chi connectivity index (χ0n) is 7.33. The van der Waals surface area contributed by atoms with Crippen LogP contribution in [0, 0.1) is 0 Å². The van der Waals surface area contributed by atoms with Gasteiger partial charge in [0.1, 0.15) is 24.4 Å². The number of methoxy groups -OCH3 is 1. The third kappa shape index (κ3) is 1.98. The van der Waals surface area contributed by atoms with Gasteiger partial charge in [0.15, 0.2) is 6.29 Å². The molecule has 0 saturated carbocycles. The molecule has 0 spiro atoms. The molecule has 13 heavy (non-hydrogen) atoms. The van der Waals surface area contributed by atoms with Gasteiger partial charge in [0.2, 0.25) is 0 Å². The predicted octanol–water partition coefficient (Wildman–Crippen LogP) is -2.60. The number of aliphatic hydroxyl groups excluding tert-OH is 3. The van der Waals surface area contributed by atoms with Crippen LogP contribution < -0.4 is 5.73 Å². The van der Waals surface area contributed by atoms with Crippen molar-refractivity contribution in [2.45, 2.75) is 30.7 Å². The summed E-state index contributed by atoms with van der Waals surface area (Å²) in [5.74, 6) is 0. The molecular weight excluding hydrogens is 178 g/mol. The van der Waals surface area contributed by atoms with Crippen molar-refractivity contribution in [1.82, 2.24) is 0 Å². The first kappa shape index (κ1) is 10.8. The first-order valence-corrected chi connectivity index (χ1v) is 4.04. The summed E-state index contributed by atoms with van der Waals surface area (Å²) in [6.07, 6.45) is -5.35. The quantitative estimate of drug-likeness (QED) is 0.383. The second-order valence-electron chi connectivity index (χ2n) is 2.99. The van der Waals surface area contributed by atoms with E-state index in [1.54, 1.807) is 0 Å². The SMILES string of the molecule is CO[C@H]1OC(CN)[C@@H](O)C(O)C1O. The Kier molecular flexibility index (Phi) is 3.60. The van der Waals surface area contributed by atoms with Gasteiger partial charge < -0.3 is 30.5 Å². The molecule has 3 unspecified atom stereocenters. The van der Waals surface area contributed by atoms with Gasteiger partial charge in [0.25, 0.3) is 0 Å². The third-order valence-electron chi connectivity index (χ3n) is 2.13. The summed E-state index contributed by atoms with van der Waals surface area (Å²) in [5, 5.41) is 28.0. The molecule has 5 atom stereocenters. The lowest BCUT2D eigenvalue weighted by Gasteiger charge is -2.39. The Morgan fingerprint density at radius 1 is 1.23 bits per heavy atom. The molecule has 0 radical (unpaired) electrons. The second kappa shape index (κ2) is 4.32.